The molecule has 1 fully saturated rings. The predicted molar refractivity (Wildman–Crippen MR) is 87.9 cm³/mol. The molecule has 120 valence electrons. The highest BCUT2D eigenvalue weighted by molar-refractivity contribution is 5.95. The molecule has 23 heavy (non-hydrogen) atoms. The zero-order valence-electron chi connectivity index (χ0n) is 13.4. The van der Waals surface area contributed by atoms with Crippen LogP contribution in [0.3, 0.4) is 0 Å². The number of aliphatic hydroxyl groups is 1. The Hall–Kier alpha value is -2.27. The summed E-state index contributed by atoms with van der Waals surface area (Å²) in [5.41, 5.74) is 2.05. The van der Waals surface area contributed by atoms with Gasteiger partial charge in [-0.3, -0.25) is 4.79 Å². The van der Waals surface area contributed by atoms with Crippen LogP contribution in [0, 0.1) is 12.8 Å². The van der Waals surface area contributed by atoms with Gasteiger partial charge in [0.05, 0.1) is 17.4 Å². The number of benzene rings is 1. The van der Waals surface area contributed by atoms with Gasteiger partial charge in [-0.15, -0.1) is 0 Å². The van der Waals surface area contributed by atoms with Gasteiger partial charge in [0.25, 0.3) is 5.91 Å². The normalized spacial score (nSPS) is 15.3. The first-order valence-electron chi connectivity index (χ1n) is 7.89. The summed E-state index contributed by atoms with van der Waals surface area (Å²) in [6.45, 7) is 2.16. The average Bonchev–Trinajstić information content (AvgIpc) is 3.40. The maximum Gasteiger partial charge on any atom is 0.257 e. The van der Waals surface area contributed by atoms with Crippen LogP contribution in [0.4, 0.5) is 0 Å². The Kier molecular flexibility index (Phi) is 4.39. The van der Waals surface area contributed by atoms with Gasteiger partial charge in [-0.25, -0.2) is 9.97 Å². The molecule has 1 heterocycles. The lowest BCUT2D eigenvalue weighted by molar-refractivity contribution is 0.0644. The largest absolute Gasteiger partial charge is 0.391 e. The van der Waals surface area contributed by atoms with Crippen molar-refractivity contribution in [2.45, 2.75) is 25.9 Å². The quantitative estimate of drug-likeness (QED) is 0.920. The SMILES string of the molecule is Cc1nc(-c2ccccc2)ncc1C(=O)N(C)CC(O)C1CC1. The van der Waals surface area contributed by atoms with Crippen molar-refractivity contribution in [3.63, 3.8) is 0 Å². The van der Waals surface area contributed by atoms with Crippen LogP contribution in [-0.2, 0) is 0 Å². The van der Waals surface area contributed by atoms with Gasteiger partial charge in [0.2, 0.25) is 0 Å². The van der Waals surface area contributed by atoms with Gasteiger partial charge in [0.1, 0.15) is 0 Å². The van der Waals surface area contributed by atoms with Crippen molar-refractivity contribution in [2.75, 3.05) is 13.6 Å². The standard InChI is InChI=1S/C18H21N3O2/c1-12-15(18(23)21(2)11-16(22)13-8-9-13)10-19-17(20-12)14-6-4-3-5-7-14/h3-7,10,13,16,22H,8-9,11H2,1-2H3. The van der Waals surface area contributed by atoms with Crippen LogP contribution in [0.1, 0.15) is 28.9 Å². The van der Waals surface area contributed by atoms with Gasteiger partial charge in [0, 0.05) is 25.4 Å². The molecule has 0 saturated heterocycles. The third-order valence-corrected chi connectivity index (χ3v) is 4.22. The Balaban J connectivity index is 1.75. The lowest BCUT2D eigenvalue weighted by Gasteiger charge is -2.21. The summed E-state index contributed by atoms with van der Waals surface area (Å²) < 4.78 is 0. The molecule has 0 bridgehead atoms. The summed E-state index contributed by atoms with van der Waals surface area (Å²) in [6.07, 6.45) is 3.25. The van der Waals surface area contributed by atoms with Crippen molar-refractivity contribution in [1.29, 1.82) is 0 Å². The minimum atomic E-state index is -0.436. The molecule has 0 radical (unpaired) electrons. The van der Waals surface area contributed by atoms with E-state index in [9.17, 15) is 9.90 Å². The molecule has 1 amide bonds. The van der Waals surface area contributed by atoms with Crippen molar-refractivity contribution in [3.8, 4) is 11.4 Å². The fourth-order valence-corrected chi connectivity index (χ4v) is 2.60. The van der Waals surface area contributed by atoms with Gasteiger partial charge in [-0.05, 0) is 25.7 Å². The van der Waals surface area contributed by atoms with Crippen LogP contribution >= 0.6 is 0 Å². The molecule has 1 atom stereocenters. The Morgan fingerprint density at radius 2 is 2.04 bits per heavy atom. The van der Waals surface area contributed by atoms with Crippen molar-refractivity contribution in [1.82, 2.24) is 14.9 Å². The summed E-state index contributed by atoms with van der Waals surface area (Å²) >= 11 is 0. The number of likely N-dealkylation sites (N-methyl/N-ethyl adjacent to an activating group) is 1. The molecule has 5 nitrogen and oxygen atoms in total. The second-order valence-corrected chi connectivity index (χ2v) is 6.15. The smallest absolute Gasteiger partial charge is 0.257 e. The molecule has 1 aromatic heterocycles. The number of carbonyl (C=O) groups is 1. The fraction of sp³-hybridized carbons (Fsp3) is 0.389. The minimum absolute atomic E-state index is 0.151. The molecule has 1 saturated carbocycles. The third-order valence-electron chi connectivity index (χ3n) is 4.22. The Morgan fingerprint density at radius 1 is 1.35 bits per heavy atom. The lowest BCUT2D eigenvalue weighted by atomic mass is 10.1. The maximum atomic E-state index is 12.5. The topological polar surface area (TPSA) is 66.3 Å². The molecule has 1 aromatic carbocycles. The van der Waals surface area contributed by atoms with E-state index < -0.39 is 6.10 Å². The van der Waals surface area contributed by atoms with E-state index in [-0.39, 0.29) is 5.91 Å². The Bertz CT molecular complexity index is 699. The van der Waals surface area contributed by atoms with Crippen molar-refractivity contribution in [3.05, 3.63) is 47.8 Å². The Morgan fingerprint density at radius 3 is 2.65 bits per heavy atom. The van der Waals surface area contributed by atoms with Gasteiger partial charge >= 0.3 is 0 Å². The average molecular weight is 311 g/mol. The van der Waals surface area contributed by atoms with E-state index in [0.29, 0.717) is 29.5 Å². The predicted octanol–water partition coefficient (Wildman–Crippen LogP) is 2.29. The van der Waals surface area contributed by atoms with Crippen molar-refractivity contribution in [2.24, 2.45) is 5.92 Å². The third kappa shape index (κ3) is 3.56. The number of aliphatic hydroxyl groups excluding tert-OH is 1. The summed E-state index contributed by atoms with van der Waals surface area (Å²) in [4.78, 5) is 22.9. The second kappa shape index (κ2) is 6.46. The van der Waals surface area contributed by atoms with Crippen LogP contribution in [0.2, 0.25) is 0 Å². The summed E-state index contributed by atoms with van der Waals surface area (Å²) in [7, 11) is 1.71. The van der Waals surface area contributed by atoms with Crippen molar-refractivity contribution < 1.29 is 9.90 Å². The molecule has 1 unspecified atom stereocenters. The summed E-state index contributed by atoms with van der Waals surface area (Å²) in [6, 6.07) is 9.68. The monoisotopic (exact) mass is 311 g/mol. The van der Waals surface area contributed by atoms with E-state index in [0.717, 1.165) is 18.4 Å². The fourth-order valence-electron chi connectivity index (χ4n) is 2.60. The second-order valence-electron chi connectivity index (χ2n) is 6.15. The van der Waals surface area contributed by atoms with E-state index in [1.54, 1.807) is 18.1 Å². The van der Waals surface area contributed by atoms with Crippen molar-refractivity contribution >= 4 is 5.91 Å². The zero-order valence-corrected chi connectivity index (χ0v) is 13.4. The molecule has 3 rings (SSSR count). The molecular formula is C18H21N3O2. The van der Waals surface area contributed by atoms with E-state index >= 15 is 0 Å². The van der Waals surface area contributed by atoms with Gasteiger partial charge in [-0.2, -0.15) is 0 Å². The highest BCUT2D eigenvalue weighted by Gasteiger charge is 2.31. The van der Waals surface area contributed by atoms with Crippen LogP contribution in [0.15, 0.2) is 36.5 Å². The van der Waals surface area contributed by atoms with E-state index in [1.165, 1.54) is 0 Å². The summed E-state index contributed by atoms with van der Waals surface area (Å²) in [5.74, 6) is 0.810. The van der Waals surface area contributed by atoms with Crippen LogP contribution in [0.5, 0.6) is 0 Å². The number of aryl methyl sites for hydroxylation is 1. The number of aromatic nitrogens is 2. The van der Waals surface area contributed by atoms with E-state index in [4.69, 9.17) is 0 Å². The maximum absolute atomic E-state index is 12.5. The number of carbonyl (C=O) groups excluding carboxylic acids is 1. The number of hydrogen-bond donors (Lipinski definition) is 1. The molecule has 1 N–H and O–H groups in total. The van der Waals surface area contributed by atoms with Crippen LogP contribution in [-0.4, -0.2) is 45.6 Å². The van der Waals surface area contributed by atoms with Crippen LogP contribution in [0.25, 0.3) is 11.4 Å². The molecule has 5 heteroatoms. The summed E-state index contributed by atoms with van der Waals surface area (Å²) in [5, 5.41) is 9.99. The molecule has 1 aliphatic rings. The van der Waals surface area contributed by atoms with Gasteiger partial charge in [-0.1, -0.05) is 30.3 Å². The Labute approximate surface area is 136 Å². The van der Waals surface area contributed by atoms with Crippen LogP contribution < -0.4 is 0 Å². The zero-order chi connectivity index (χ0) is 16.4. The van der Waals surface area contributed by atoms with Gasteiger partial charge in [0.15, 0.2) is 5.82 Å². The first-order valence-corrected chi connectivity index (χ1v) is 7.89. The lowest BCUT2D eigenvalue weighted by Crippen LogP contribution is -2.35. The molecular weight excluding hydrogens is 290 g/mol. The molecule has 0 spiro atoms. The highest BCUT2D eigenvalue weighted by atomic mass is 16.3. The minimum Gasteiger partial charge on any atom is -0.391 e. The number of amides is 1. The number of hydrogen-bond acceptors (Lipinski definition) is 4. The van der Waals surface area contributed by atoms with Gasteiger partial charge < -0.3 is 10.0 Å². The molecule has 2 aromatic rings. The first-order chi connectivity index (χ1) is 11.1. The number of nitrogens with zero attached hydrogens (tertiary/aromatic N) is 3. The highest BCUT2D eigenvalue weighted by Crippen LogP contribution is 2.32. The molecule has 1 aliphatic carbocycles. The first kappa shape index (κ1) is 15.6. The van der Waals surface area contributed by atoms with E-state index in [2.05, 4.69) is 9.97 Å². The molecule has 0 aliphatic heterocycles. The van der Waals surface area contributed by atoms with E-state index in [1.807, 2.05) is 37.3 Å². The number of rotatable bonds is 5.